The van der Waals surface area contributed by atoms with E-state index >= 15 is 0 Å². The fourth-order valence-corrected chi connectivity index (χ4v) is 9.63. The molecule has 4 N–H and O–H groups in total. The van der Waals surface area contributed by atoms with E-state index in [4.69, 9.17) is 14.2 Å². The van der Waals surface area contributed by atoms with Crippen LogP contribution in [0.5, 0.6) is 11.5 Å². The van der Waals surface area contributed by atoms with E-state index in [0.717, 1.165) is 33.4 Å². The number of hydrogen-bond donors (Lipinski definition) is 4. The molecule has 0 radical (unpaired) electrons. The molecule has 14 heteroatoms. The van der Waals surface area contributed by atoms with Crippen LogP contribution in [0, 0.1) is 5.92 Å². The van der Waals surface area contributed by atoms with Gasteiger partial charge in [-0.3, -0.25) is 19.7 Å². The van der Waals surface area contributed by atoms with E-state index < -0.39 is 30.3 Å². The summed E-state index contributed by atoms with van der Waals surface area (Å²) in [6.07, 6.45) is 2.61. The van der Waals surface area contributed by atoms with Crippen molar-refractivity contribution in [2.75, 3.05) is 45.1 Å². The third-order valence-electron chi connectivity index (χ3n) is 11.2. The highest BCUT2D eigenvalue weighted by atomic mass is 32.2. The molecular formula is C48H57N5O7S2. The van der Waals surface area contributed by atoms with Gasteiger partial charge in [0, 0.05) is 35.4 Å². The van der Waals surface area contributed by atoms with E-state index in [1.807, 2.05) is 86.8 Å². The molecule has 4 aromatic rings. The molecule has 1 aliphatic carbocycles. The van der Waals surface area contributed by atoms with Crippen molar-refractivity contribution in [1.82, 2.24) is 26.4 Å². The summed E-state index contributed by atoms with van der Waals surface area (Å²) in [5.41, 5.74) is 12.6. The van der Waals surface area contributed by atoms with Crippen LogP contribution < -0.4 is 31.0 Å². The minimum atomic E-state index is -0.752. The van der Waals surface area contributed by atoms with E-state index in [0.29, 0.717) is 48.0 Å². The molecule has 6 rings (SSSR count). The number of carbonyl (C=O) groups is 4. The van der Waals surface area contributed by atoms with E-state index in [9.17, 15) is 19.2 Å². The van der Waals surface area contributed by atoms with Crippen LogP contribution in [-0.4, -0.2) is 91.2 Å². The quantitative estimate of drug-likeness (QED) is 0.0666. The Morgan fingerprint density at radius 3 is 2.21 bits per heavy atom. The van der Waals surface area contributed by atoms with Crippen molar-refractivity contribution in [3.05, 3.63) is 132 Å². The molecule has 4 atom stereocenters. The first kappa shape index (κ1) is 46.2. The fraction of sp³-hybridized carbons (Fsp3) is 0.375. The lowest BCUT2D eigenvalue weighted by Gasteiger charge is -2.41. The van der Waals surface area contributed by atoms with Gasteiger partial charge >= 0.3 is 6.09 Å². The van der Waals surface area contributed by atoms with E-state index in [1.54, 1.807) is 36.9 Å². The van der Waals surface area contributed by atoms with Gasteiger partial charge in [-0.2, -0.15) is 11.8 Å². The Balaban J connectivity index is 1.11. The first-order chi connectivity index (χ1) is 30.0. The summed E-state index contributed by atoms with van der Waals surface area (Å²) in [7, 11) is 3.14. The van der Waals surface area contributed by atoms with Gasteiger partial charge in [0.05, 0.1) is 32.8 Å². The van der Waals surface area contributed by atoms with Crippen molar-refractivity contribution in [1.29, 1.82) is 0 Å². The van der Waals surface area contributed by atoms with Gasteiger partial charge in [0.2, 0.25) is 16.9 Å². The predicted octanol–water partition coefficient (Wildman–Crippen LogP) is 7.26. The molecule has 1 heterocycles. The minimum Gasteiger partial charge on any atom is -0.497 e. The zero-order valence-electron chi connectivity index (χ0n) is 36.0. The zero-order valence-corrected chi connectivity index (χ0v) is 37.6. The number of benzene rings is 4. The molecule has 0 saturated carbocycles. The number of thioether (sulfide) groups is 2. The molecular weight excluding hydrogens is 823 g/mol. The number of hydrazine groups is 1. The maximum atomic E-state index is 14.4. The molecule has 0 spiro atoms. The maximum Gasteiger partial charge on any atom is 0.411 e. The molecule has 2 aliphatic rings. The predicted molar refractivity (Wildman–Crippen MR) is 247 cm³/mol. The Bertz CT molecular complexity index is 2160. The Morgan fingerprint density at radius 2 is 1.56 bits per heavy atom. The molecule has 0 aromatic heterocycles. The smallest absolute Gasteiger partial charge is 0.411 e. The highest BCUT2D eigenvalue weighted by Crippen LogP contribution is 2.45. The number of nitrogens with zero attached hydrogens (tertiary/aromatic N) is 1. The van der Waals surface area contributed by atoms with Crippen LogP contribution in [0.3, 0.4) is 0 Å². The average molecular weight is 880 g/mol. The third-order valence-corrected chi connectivity index (χ3v) is 12.9. The number of fused-ring (bicyclic) bond motifs is 3. The lowest BCUT2D eigenvalue weighted by atomic mass is 9.98. The van der Waals surface area contributed by atoms with Crippen LogP contribution in [0.2, 0.25) is 0 Å². The van der Waals surface area contributed by atoms with Crippen molar-refractivity contribution >= 4 is 46.5 Å². The molecule has 12 nitrogen and oxygen atoms in total. The fourth-order valence-electron chi connectivity index (χ4n) is 8.11. The lowest BCUT2D eigenvalue weighted by molar-refractivity contribution is -0.139. The van der Waals surface area contributed by atoms with E-state index in [1.165, 1.54) is 11.8 Å². The monoisotopic (exact) mass is 879 g/mol. The number of rotatable bonds is 20. The summed E-state index contributed by atoms with van der Waals surface area (Å²) in [6.45, 7) is 8.10. The number of nitrogens with one attached hydrogen (secondary N) is 4. The molecule has 0 unspecified atom stereocenters. The standard InChI is InChI=1S/C48H57N5O7S2/c1-30(2)24-41(46(55)51-40(22-23-61-6)31(3)50-48(57)60-28-39-36-18-12-10-16-34(36)35-17-11-13-19-37(35)39)52-49-27-45(54)53-42(25-32-14-8-7-9-15-32)47(56)62-29-43(53)38-21-20-33(58-4)26-44(38)59-5/h7-21,26,30,39-43,49,52H,3,22-25,27-29H2,1-2,4-6H3,(H,50,57)(H,51,55)/t40-,41-,42-,43-/m0/s1. The van der Waals surface area contributed by atoms with Gasteiger partial charge < -0.3 is 24.4 Å². The highest BCUT2D eigenvalue weighted by molar-refractivity contribution is 8.13. The van der Waals surface area contributed by atoms with Gasteiger partial charge in [-0.05, 0) is 70.7 Å². The first-order valence-electron chi connectivity index (χ1n) is 20.8. The number of amides is 3. The zero-order chi connectivity index (χ0) is 44.2. The van der Waals surface area contributed by atoms with Crippen molar-refractivity contribution < 1.29 is 33.4 Å². The van der Waals surface area contributed by atoms with Crippen LogP contribution in [0.15, 0.2) is 109 Å². The molecule has 1 fully saturated rings. The Hall–Kier alpha value is -5.28. The molecule has 3 amide bonds. The van der Waals surface area contributed by atoms with Crippen LogP contribution in [0.25, 0.3) is 11.1 Å². The van der Waals surface area contributed by atoms with Crippen LogP contribution in [-0.2, 0) is 25.5 Å². The van der Waals surface area contributed by atoms with Gasteiger partial charge in [-0.25, -0.2) is 15.6 Å². The molecule has 328 valence electrons. The SMILES string of the molecule is C=C(NC(=O)OCC1c2ccccc2-c2ccccc21)[C@H](CCSC)NC(=O)[C@H](CC(C)C)NNCC(=O)N1[C@@H](Cc2ccccc2)C(=O)SC[C@H]1c1ccc(OC)cc1OC. The van der Waals surface area contributed by atoms with Crippen LogP contribution >= 0.6 is 23.5 Å². The molecule has 1 saturated heterocycles. The van der Waals surface area contributed by atoms with Crippen molar-refractivity contribution in [2.45, 2.75) is 63.2 Å². The second-order valence-electron chi connectivity index (χ2n) is 15.8. The summed E-state index contributed by atoms with van der Waals surface area (Å²) in [5.74, 6) is 1.56. The summed E-state index contributed by atoms with van der Waals surface area (Å²) >= 11 is 2.82. The first-order valence-corrected chi connectivity index (χ1v) is 23.2. The Morgan fingerprint density at radius 1 is 0.887 bits per heavy atom. The van der Waals surface area contributed by atoms with E-state index in [2.05, 4.69) is 52.3 Å². The lowest BCUT2D eigenvalue weighted by Crippen LogP contribution is -2.57. The molecule has 0 bridgehead atoms. The maximum absolute atomic E-state index is 14.4. The third kappa shape index (κ3) is 11.4. The van der Waals surface area contributed by atoms with Crippen LogP contribution in [0.4, 0.5) is 4.79 Å². The second-order valence-corrected chi connectivity index (χ2v) is 17.8. The largest absolute Gasteiger partial charge is 0.497 e. The number of hydrogen-bond acceptors (Lipinski definition) is 11. The molecule has 1 aliphatic heterocycles. The van der Waals surface area contributed by atoms with Gasteiger partial charge in [0.15, 0.2) is 0 Å². The topological polar surface area (TPSA) is 147 Å². The molecule has 62 heavy (non-hydrogen) atoms. The van der Waals surface area contributed by atoms with Crippen LogP contribution in [0.1, 0.15) is 60.9 Å². The normalized spacial score (nSPS) is 16.8. The van der Waals surface area contributed by atoms with Gasteiger partial charge in [0.25, 0.3) is 0 Å². The Labute approximate surface area is 373 Å². The number of carbonyl (C=O) groups excluding carboxylic acids is 4. The Kier molecular flexibility index (Phi) is 16.5. The summed E-state index contributed by atoms with van der Waals surface area (Å²) in [5, 5.41) is 5.77. The van der Waals surface area contributed by atoms with Crippen molar-refractivity contribution in [3.8, 4) is 22.6 Å². The second kappa shape index (κ2) is 22.2. The average Bonchev–Trinajstić information content (AvgIpc) is 3.60. The number of ether oxygens (including phenoxy) is 3. The number of methoxy groups -OCH3 is 2. The summed E-state index contributed by atoms with van der Waals surface area (Å²) < 4.78 is 17.0. The highest BCUT2D eigenvalue weighted by Gasteiger charge is 2.42. The summed E-state index contributed by atoms with van der Waals surface area (Å²) in [4.78, 5) is 56.9. The van der Waals surface area contributed by atoms with Gasteiger partial charge in [-0.15, -0.1) is 0 Å². The summed E-state index contributed by atoms with van der Waals surface area (Å²) in [6, 6.07) is 28.8. The van der Waals surface area contributed by atoms with Gasteiger partial charge in [0.1, 0.15) is 30.2 Å². The van der Waals surface area contributed by atoms with Crippen molar-refractivity contribution in [2.24, 2.45) is 5.92 Å². The molecule has 4 aromatic carbocycles. The number of alkyl carbamates (subject to hydrolysis) is 1. The minimum absolute atomic E-state index is 0.0980. The van der Waals surface area contributed by atoms with E-state index in [-0.39, 0.29) is 41.9 Å². The van der Waals surface area contributed by atoms with Gasteiger partial charge in [-0.1, -0.05) is 111 Å². The van der Waals surface area contributed by atoms with Crippen molar-refractivity contribution in [3.63, 3.8) is 0 Å².